The lowest BCUT2D eigenvalue weighted by Gasteiger charge is -2.31. The molecule has 0 N–H and O–H groups in total. The molecule has 1 saturated heterocycles. The molecule has 122 valence electrons. The van der Waals surface area contributed by atoms with Gasteiger partial charge in [0.1, 0.15) is 0 Å². The first-order valence-corrected chi connectivity index (χ1v) is 9.03. The molecule has 1 aliphatic heterocycles. The molecule has 6 nitrogen and oxygen atoms in total. The smallest absolute Gasteiger partial charge is 0.243 e. The number of ketones is 1. The first kappa shape index (κ1) is 15.9. The molecular weight excluding hydrogens is 314 g/mol. The van der Waals surface area contributed by atoms with E-state index >= 15 is 0 Å². The molecule has 0 bridgehead atoms. The van der Waals surface area contributed by atoms with Crippen LogP contribution in [0.25, 0.3) is 0 Å². The van der Waals surface area contributed by atoms with Crippen molar-refractivity contribution in [3.05, 3.63) is 48.3 Å². The van der Waals surface area contributed by atoms with Gasteiger partial charge < -0.3 is 0 Å². The molecule has 23 heavy (non-hydrogen) atoms. The number of rotatable bonds is 4. The minimum absolute atomic E-state index is 0.0750. The van der Waals surface area contributed by atoms with Gasteiger partial charge in [-0.05, 0) is 38.0 Å². The molecule has 7 heteroatoms. The Morgan fingerprint density at radius 3 is 2.35 bits per heavy atom. The molecule has 1 aromatic carbocycles. The van der Waals surface area contributed by atoms with Crippen molar-refractivity contribution in [1.82, 2.24) is 14.1 Å². The van der Waals surface area contributed by atoms with Crippen LogP contribution in [-0.4, -0.2) is 41.4 Å². The Morgan fingerprint density at radius 1 is 1.17 bits per heavy atom. The van der Waals surface area contributed by atoms with Crippen molar-refractivity contribution >= 4 is 15.8 Å². The number of sulfonamides is 1. The fraction of sp³-hybridized carbons (Fsp3) is 0.375. The molecule has 3 rings (SSSR count). The molecule has 0 radical (unpaired) electrons. The van der Waals surface area contributed by atoms with Gasteiger partial charge in [0.15, 0.2) is 5.78 Å². The molecule has 0 atom stereocenters. The van der Waals surface area contributed by atoms with Crippen LogP contribution in [0.1, 0.15) is 36.2 Å². The molecular formula is C16H19N3O3S. The zero-order valence-electron chi connectivity index (χ0n) is 12.9. The molecule has 1 aromatic heterocycles. The number of carbonyl (C=O) groups is 1. The summed E-state index contributed by atoms with van der Waals surface area (Å²) < 4.78 is 28.8. The van der Waals surface area contributed by atoms with Crippen molar-refractivity contribution < 1.29 is 13.2 Å². The second kappa shape index (κ2) is 6.25. The van der Waals surface area contributed by atoms with E-state index in [1.165, 1.54) is 23.4 Å². The highest BCUT2D eigenvalue weighted by Gasteiger charge is 2.30. The van der Waals surface area contributed by atoms with Crippen molar-refractivity contribution in [2.24, 2.45) is 0 Å². The second-order valence-corrected chi connectivity index (χ2v) is 7.64. The van der Waals surface area contributed by atoms with Gasteiger partial charge in [0, 0.05) is 31.0 Å². The highest BCUT2D eigenvalue weighted by atomic mass is 32.2. The molecule has 1 aliphatic rings. The molecule has 0 spiro atoms. The summed E-state index contributed by atoms with van der Waals surface area (Å²) in [5.74, 6) is -0.0750. The molecule has 2 aromatic rings. The third-order valence-electron chi connectivity index (χ3n) is 4.22. The number of hydrogen-bond donors (Lipinski definition) is 0. The van der Waals surface area contributed by atoms with Crippen molar-refractivity contribution in [2.45, 2.75) is 30.7 Å². The Morgan fingerprint density at radius 2 is 1.83 bits per heavy atom. The number of hydrogen-bond acceptors (Lipinski definition) is 4. The SMILES string of the molecule is CC(=O)c1ccc(S(=O)(=O)N2CCC(n3cccn3)CC2)cc1. The van der Waals surface area contributed by atoms with Gasteiger partial charge in [0.25, 0.3) is 0 Å². The Balaban J connectivity index is 1.72. The van der Waals surface area contributed by atoms with Crippen molar-refractivity contribution in [3.63, 3.8) is 0 Å². The van der Waals surface area contributed by atoms with Crippen LogP contribution in [0.3, 0.4) is 0 Å². The maximum atomic E-state index is 12.7. The van der Waals surface area contributed by atoms with E-state index in [2.05, 4.69) is 5.10 Å². The quantitative estimate of drug-likeness (QED) is 0.803. The average molecular weight is 333 g/mol. The van der Waals surface area contributed by atoms with E-state index < -0.39 is 10.0 Å². The van der Waals surface area contributed by atoms with Crippen LogP contribution in [-0.2, 0) is 10.0 Å². The predicted molar refractivity (Wildman–Crippen MR) is 85.7 cm³/mol. The lowest BCUT2D eigenvalue weighted by atomic mass is 10.1. The maximum Gasteiger partial charge on any atom is 0.243 e. The molecule has 2 heterocycles. The average Bonchev–Trinajstić information content (AvgIpc) is 3.09. The number of benzene rings is 1. The molecule has 0 unspecified atom stereocenters. The zero-order chi connectivity index (χ0) is 16.4. The van der Waals surface area contributed by atoms with Crippen LogP contribution >= 0.6 is 0 Å². The number of carbonyl (C=O) groups excluding carboxylic acids is 1. The standard InChI is InChI=1S/C16H19N3O3S/c1-13(20)14-3-5-16(6-4-14)23(21,22)18-11-7-15(8-12-18)19-10-2-9-17-19/h2-6,9-10,15H,7-8,11-12H2,1H3. The molecule has 0 saturated carbocycles. The fourth-order valence-corrected chi connectivity index (χ4v) is 4.32. The van der Waals surface area contributed by atoms with Gasteiger partial charge in [-0.1, -0.05) is 12.1 Å². The van der Waals surface area contributed by atoms with E-state index in [0.717, 1.165) is 12.8 Å². The number of Topliss-reactive ketones (excluding diaryl/α,β-unsaturated/α-hetero) is 1. The summed E-state index contributed by atoms with van der Waals surface area (Å²) in [4.78, 5) is 11.5. The van der Waals surface area contributed by atoms with Gasteiger partial charge in [0.2, 0.25) is 10.0 Å². The summed E-state index contributed by atoms with van der Waals surface area (Å²) in [6, 6.07) is 8.26. The largest absolute Gasteiger partial charge is 0.295 e. The van der Waals surface area contributed by atoms with Gasteiger partial charge >= 0.3 is 0 Å². The summed E-state index contributed by atoms with van der Waals surface area (Å²) in [6.07, 6.45) is 5.13. The van der Waals surface area contributed by atoms with Crippen LogP contribution < -0.4 is 0 Å². The van der Waals surface area contributed by atoms with Gasteiger partial charge in [-0.15, -0.1) is 0 Å². The summed E-state index contributed by atoms with van der Waals surface area (Å²) in [5.41, 5.74) is 0.515. The Bertz CT molecular complexity index is 774. The lowest BCUT2D eigenvalue weighted by molar-refractivity contribution is 0.101. The third-order valence-corrected chi connectivity index (χ3v) is 6.13. The Labute approximate surface area is 135 Å². The summed E-state index contributed by atoms with van der Waals surface area (Å²) in [6.45, 7) is 2.41. The molecule has 0 amide bonds. The fourth-order valence-electron chi connectivity index (χ4n) is 2.85. The second-order valence-electron chi connectivity index (χ2n) is 5.70. The van der Waals surface area contributed by atoms with Crippen LogP contribution in [0.2, 0.25) is 0 Å². The first-order valence-electron chi connectivity index (χ1n) is 7.59. The predicted octanol–water partition coefficient (Wildman–Crippen LogP) is 2.11. The molecule has 1 fully saturated rings. The molecule has 0 aliphatic carbocycles. The zero-order valence-corrected chi connectivity index (χ0v) is 13.7. The number of nitrogens with zero attached hydrogens (tertiary/aromatic N) is 3. The Kier molecular flexibility index (Phi) is 4.32. The Hall–Kier alpha value is -1.99. The third kappa shape index (κ3) is 3.20. The summed E-state index contributed by atoms with van der Waals surface area (Å²) >= 11 is 0. The first-order chi connectivity index (χ1) is 11.0. The summed E-state index contributed by atoms with van der Waals surface area (Å²) in [5, 5.41) is 4.23. The van der Waals surface area contributed by atoms with Gasteiger partial charge in [0.05, 0.1) is 10.9 Å². The van der Waals surface area contributed by atoms with Crippen LogP contribution in [0.15, 0.2) is 47.6 Å². The van der Waals surface area contributed by atoms with Gasteiger partial charge in [-0.2, -0.15) is 9.40 Å². The topological polar surface area (TPSA) is 72.3 Å². The van der Waals surface area contributed by atoms with Crippen molar-refractivity contribution in [1.29, 1.82) is 0 Å². The van der Waals surface area contributed by atoms with E-state index in [4.69, 9.17) is 0 Å². The number of aromatic nitrogens is 2. The van der Waals surface area contributed by atoms with Gasteiger partial charge in [-0.3, -0.25) is 9.48 Å². The highest BCUT2D eigenvalue weighted by molar-refractivity contribution is 7.89. The lowest BCUT2D eigenvalue weighted by Crippen LogP contribution is -2.39. The van der Waals surface area contributed by atoms with Crippen LogP contribution in [0, 0.1) is 0 Å². The van der Waals surface area contributed by atoms with Crippen molar-refractivity contribution in [2.75, 3.05) is 13.1 Å². The minimum atomic E-state index is -3.50. The minimum Gasteiger partial charge on any atom is -0.295 e. The van der Waals surface area contributed by atoms with Crippen LogP contribution in [0.5, 0.6) is 0 Å². The van der Waals surface area contributed by atoms with Gasteiger partial charge in [-0.25, -0.2) is 8.42 Å². The summed E-state index contributed by atoms with van der Waals surface area (Å²) in [7, 11) is -3.50. The van der Waals surface area contributed by atoms with E-state index in [9.17, 15) is 13.2 Å². The van der Waals surface area contributed by atoms with E-state index in [1.54, 1.807) is 18.3 Å². The monoisotopic (exact) mass is 333 g/mol. The van der Waals surface area contributed by atoms with E-state index in [0.29, 0.717) is 18.7 Å². The van der Waals surface area contributed by atoms with Crippen molar-refractivity contribution in [3.8, 4) is 0 Å². The maximum absolute atomic E-state index is 12.7. The van der Waals surface area contributed by atoms with E-state index in [1.807, 2.05) is 16.9 Å². The van der Waals surface area contributed by atoms with Crippen LogP contribution in [0.4, 0.5) is 0 Å². The van der Waals surface area contributed by atoms with E-state index in [-0.39, 0.29) is 16.7 Å². The normalized spacial score (nSPS) is 17.3. The highest BCUT2D eigenvalue weighted by Crippen LogP contribution is 2.26. The number of piperidine rings is 1.